The van der Waals surface area contributed by atoms with Crippen LogP contribution in [0.4, 0.5) is 0 Å². The van der Waals surface area contributed by atoms with Crippen molar-refractivity contribution in [3.05, 3.63) is 70.8 Å². The van der Waals surface area contributed by atoms with Crippen LogP contribution in [-0.4, -0.2) is 6.21 Å². The van der Waals surface area contributed by atoms with Crippen LogP contribution in [0.5, 0.6) is 0 Å². The third kappa shape index (κ3) is 3.30. The third-order valence-electron chi connectivity index (χ3n) is 2.97. The van der Waals surface area contributed by atoms with Gasteiger partial charge >= 0.3 is 0 Å². The summed E-state index contributed by atoms with van der Waals surface area (Å²) in [6.45, 7) is 6.35. The Hall–Kier alpha value is -1.89. The Bertz CT molecular complexity index is 521. The highest BCUT2D eigenvalue weighted by Crippen LogP contribution is 2.16. The normalized spacial score (nSPS) is 12.8. The quantitative estimate of drug-likeness (QED) is 0.698. The van der Waals surface area contributed by atoms with Crippen molar-refractivity contribution in [1.29, 1.82) is 0 Å². The zero-order valence-electron chi connectivity index (χ0n) is 11.2. The van der Waals surface area contributed by atoms with Crippen LogP contribution in [0.3, 0.4) is 0 Å². The molecule has 0 aliphatic rings. The molecule has 0 saturated carbocycles. The van der Waals surface area contributed by atoms with Gasteiger partial charge in [0.2, 0.25) is 0 Å². The summed E-state index contributed by atoms with van der Waals surface area (Å²) < 4.78 is 0. The molecular weight excluding hydrogens is 218 g/mol. The summed E-state index contributed by atoms with van der Waals surface area (Å²) in [5, 5.41) is 0. The molecule has 0 aliphatic heterocycles. The van der Waals surface area contributed by atoms with Crippen molar-refractivity contribution in [1.82, 2.24) is 0 Å². The van der Waals surface area contributed by atoms with Crippen molar-refractivity contribution in [2.75, 3.05) is 0 Å². The molecule has 0 radical (unpaired) electrons. The van der Waals surface area contributed by atoms with Crippen molar-refractivity contribution < 1.29 is 0 Å². The second-order valence-electron chi connectivity index (χ2n) is 4.79. The van der Waals surface area contributed by atoms with Crippen molar-refractivity contribution in [3.8, 4) is 0 Å². The minimum atomic E-state index is 0.201. The van der Waals surface area contributed by atoms with Crippen LogP contribution in [-0.2, 0) is 0 Å². The van der Waals surface area contributed by atoms with Gasteiger partial charge in [-0.25, -0.2) is 0 Å². The first-order valence-electron chi connectivity index (χ1n) is 6.31. The second kappa shape index (κ2) is 5.63. The Labute approximate surface area is 109 Å². The Kier molecular flexibility index (Phi) is 3.93. The molecule has 0 aliphatic carbocycles. The summed E-state index contributed by atoms with van der Waals surface area (Å²) >= 11 is 0. The van der Waals surface area contributed by atoms with Gasteiger partial charge in [0.1, 0.15) is 0 Å². The number of aryl methyl sites for hydroxylation is 2. The van der Waals surface area contributed by atoms with Crippen LogP contribution in [0.2, 0.25) is 0 Å². The largest absolute Gasteiger partial charge is 0.285 e. The Morgan fingerprint density at radius 3 is 2.17 bits per heavy atom. The van der Waals surface area contributed by atoms with Crippen LogP contribution in [0.25, 0.3) is 0 Å². The first-order valence-corrected chi connectivity index (χ1v) is 6.31. The molecule has 0 aromatic heterocycles. The number of aliphatic imine (C=N–C) groups is 1. The SMILES string of the molecule is Cc1cc(C)cc(C=N[C@@H](C)c2ccccc2)c1. The monoisotopic (exact) mass is 237 g/mol. The predicted molar refractivity (Wildman–Crippen MR) is 78.4 cm³/mol. The maximum atomic E-state index is 4.62. The lowest BCUT2D eigenvalue weighted by molar-refractivity contribution is 0.825. The lowest BCUT2D eigenvalue weighted by Crippen LogP contribution is -1.91. The van der Waals surface area contributed by atoms with Gasteiger partial charge in [0.15, 0.2) is 0 Å². The van der Waals surface area contributed by atoms with Crippen LogP contribution < -0.4 is 0 Å². The highest BCUT2D eigenvalue weighted by molar-refractivity contribution is 5.80. The van der Waals surface area contributed by atoms with E-state index in [2.05, 4.69) is 68.2 Å². The summed E-state index contributed by atoms with van der Waals surface area (Å²) in [4.78, 5) is 4.62. The molecule has 1 heteroatoms. The van der Waals surface area contributed by atoms with Gasteiger partial charge in [-0.1, -0.05) is 59.7 Å². The maximum Gasteiger partial charge on any atom is 0.0721 e. The van der Waals surface area contributed by atoms with Crippen LogP contribution in [0, 0.1) is 13.8 Å². The van der Waals surface area contributed by atoms with Crippen LogP contribution >= 0.6 is 0 Å². The van der Waals surface area contributed by atoms with Crippen molar-refractivity contribution in [2.24, 2.45) is 4.99 Å². The van der Waals surface area contributed by atoms with Gasteiger partial charge in [0.25, 0.3) is 0 Å². The minimum Gasteiger partial charge on any atom is -0.285 e. The maximum absolute atomic E-state index is 4.62. The fourth-order valence-corrected chi connectivity index (χ4v) is 2.10. The molecule has 2 rings (SSSR count). The van der Waals surface area contributed by atoms with E-state index in [0.29, 0.717) is 0 Å². The van der Waals surface area contributed by atoms with Gasteiger partial charge in [-0.2, -0.15) is 0 Å². The lowest BCUT2D eigenvalue weighted by Gasteiger charge is -2.06. The van der Waals surface area contributed by atoms with Crippen LogP contribution in [0.15, 0.2) is 53.5 Å². The summed E-state index contributed by atoms with van der Waals surface area (Å²) in [6, 6.07) is 17.1. The average molecular weight is 237 g/mol. The lowest BCUT2D eigenvalue weighted by atomic mass is 10.1. The molecule has 0 unspecified atom stereocenters. The van der Waals surface area contributed by atoms with E-state index in [0.717, 1.165) is 0 Å². The molecule has 0 spiro atoms. The number of benzene rings is 2. The van der Waals surface area contributed by atoms with Gasteiger partial charge in [0, 0.05) is 6.21 Å². The summed E-state index contributed by atoms with van der Waals surface area (Å²) in [5.74, 6) is 0. The molecular formula is C17H19N. The van der Waals surface area contributed by atoms with E-state index in [1.54, 1.807) is 0 Å². The highest BCUT2D eigenvalue weighted by Gasteiger charge is 2.00. The molecule has 0 amide bonds. The molecule has 92 valence electrons. The topological polar surface area (TPSA) is 12.4 Å². The Morgan fingerprint density at radius 2 is 1.56 bits per heavy atom. The molecule has 2 aromatic rings. The highest BCUT2D eigenvalue weighted by atomic mass is 14.8. The summed E-state index contributed by atoms with van der Waals surface area (Å²) in [7, 11) is 0. The number of nitrogens with zero attached hydrogens (tertiary/aromatic N) is 1. The first kappa shape index (κ1) is 12.6. The standard InChI is InChI=1S/C17H19N/c1-13-9-14(2)11-16(10-13)12-18-15(3)17-7-5-4-6-8-17/h4-12,15H,1-3H3/t15-/m0/s1. The van der Waals surface area contributed by atoms with Crippen molar-refractivity contribution in [3.63, 3.8) is 0 Å². The molecule has 0 bridgehead atoms. The van der Waals surface area contributed by atoms with Crippen molar-refractivity contribution in [2.45, 2.75) is 26.8 Å². The second-order valence-corrected chi connectivity index (χ2v) is 4.79. The fraction of sp³-hybridized carbons (Fsp3) is 0.235. The van der Waals surface area contributed by atoms with E-state index in [-0.39, 0.29) is 6.04 Å². The van der Waals surface area contributed by atoms with E-state index < -0.39 is 0 Å². The number of rotatable bonds is 3. The molecule has 1 atom stereocenters. The van der Waals surface area contributed by atoms with Gasteiger partial charge < -0.3 is 0 Å². The first-order chi connectivity index (χ1) is 8.65. The van der Waals surface area contributed by atoms with E-state index >= 15 is 0 Å². The molecule has 0 fully saturated rings. The molecule has 0 heterocycles. The van der Waals surface area contributed by atoms with Crippen molar-refractivity contribution >= 4 is 6.21 Å². The molecule has 1 nitrogen and oxygen atoms in total. The molecule has 2 aromatic carbocycles. The molecule has 0 saturated heterocycles. The van der Waals surface area contributed by atoms with Gasteiger partial charge in [0.05, 0.1) is 6.04 Å². The van der Waals surface area contributed by atoms with E-state index in [9.17, 15) is 0 Å². The number of hydrogen-bond donors (Lipinski definition) is 0. The predicted octanol–water partition coefficient (Wildman–Crippen LogP) is 4.48. The molecule has 0 N–H and O–H groups in total. The van der Waals surface area contributed by atoms with Gasteiger partial charge in [-0.15, -0.1) is 0 Å². The van der Waals surface area contributed by atoms with E-state index in [1.807, 2.05) is 12.3 Å². The molecule has 18 heavy (non-hydrogen) atoms. The van der Waals surface area contributed by atoms with Crippen LogP contribution in [0.1, 0.15) is 35.2 Å². The van der Waals surface area contributed by atoms with Gasteiger partial charge in [-0.05, 0) is 31.9 Å². The third-order valence-corrected chi connectivity index (χ3v) is 2.97. The smallest absolute Gasteiger partial charge is 0.0721 e. The summed E-state index contributed by atoms with van der Waals surface area (Å²) in [5.41, 5.74) is 4.99. The van der Waals surface area contributed by atoms with E-state index in [4.69, 9.17) is 0 Å². The minimum absolute atomic E-state index is 0.201. The Balaban J connectivity index is 2.15. The fourth-order valence-electron chi connectivity index (χ4n) is 2.10. The Morgan fingerprint density at radius 1 is 0.944 bits per heavy atom. The summed E-state index contributed by atoms with van der Waals surface area (Å²) in [6.07, 6.45) is 1.97. The average Bonchev–Trinajstić information content (AvgIpc) is 2.36. The van der Waals surface area contributed by atoms with Gasteiger partial charge in [-0.3, -0.25) is 4.99 Å². The van der Waals surface area contributed by atoms with E-state index in [1.165, 1.54) is 22.3 Å². The zero-order valence-corrected chi connectivity index (χ0v) is 11.2. The zero-order chi connectivity index (χ0) is 13.0. The number of hydrogen-bond acceptors (Lipinski definition) is 1.